The van der Waals surface area contributed by atoms with Gasteiger partial charge in [0.2, 0.25) is 0 Å². The van der Waals surface area contributed by atoms with E-state index in [0.29, 0.717) is 22.4 Å². The van der Waals surface area contributed by atoms with Crippen LogP contribution in [0.3, 0.4) is 0 Å². The Balaban J connectivity index is 2.54. The Morgan fingerprint density at radius 1 is 1.05 bits per heavy atom. The Bertz CT molecular complexity index is 672. The highest BCUT2D eigenvalue weighted by molar-refractivity contribution is 5.68. The van der Waals surface area contributed by atoms with Crippen molar-refractivity contribution in [2.45, 2.75) is 6.18 Å². The van der Waals surface area contributed by atoms with Gasteiger partial charge in [0.05, 0.1) is 24.3 Å². The fraction of sp³-hybridized carbons (Fsp3) is 0.133. The second-order valence-electron chi connectivity index (χ2n) is 4.14. The number of rotatable bonds is 2. The molecule has 0 aliphatic heterocycles. The van der Waals surface area contributed by atoms with Crippen LogP contribution < -0.4 is 4.74 Å². The van der Waals surface area contributed by atoms with Crippen LogP contribution in [-0.4, -0.2) is 7.11 Å². The van der Waals surface area contributed by atoms with Gasteiger partial charge >= 0.3 is 6.18 Å². The molecule has 0 aromatic heterocycles. The van der Waals surface area contributed by atoms with Crippen LogP contribution in [0.15, 0.2) is 42.5 Å². The molecule has 2 aromatic carbocycles. The lowest BCUT2D eigenvalue weighted by Crippen LogP contribution is -2.04. The second-order valence-corrected chi connectivity index (χ2v) is 4.14. The molecule has 0 aliphatic rings. The minimum atomic E-state index is -4.40. The number of nitriles is 1. The molecular formula is C15H10F3NO. The highest BCUT2D eigenvalue weighted by Gasteiger charge is 2.30. The SMILES string of the molecule is COc1cc(C#N)cc(-c2cccc(C(F)(F)F)c2)c1. The molecule has 0 aliphatic carbocycles. The molecule has 0 spiro atoms. The van der Waals surface area contributed by atoms with Crippen molar-refractivity contribution in [1.82, 2.24) is 0 Å². The summed E-state index contributed by atoms with van der Waals surface area (Å²) in [5, 5.41) is 8.93. The Hall–Kier alpha value is -2.48. The molecule has 0 atom stereocenters. The first-order valence-electron chi connectivity index (χ1n) is 5.71. The summed E-state index contributed by atoms with van der Waals surface area (Å²) in [5.41, 5.74) is 0.496. The van der Waals surface area contributed by atoms with Gasteiger partial charge in [0.1, 0.15) is 5.75 Å². The summed E-state index contributed by atoms with van der Waals surface area (Å²) in [5.74, 6) is 0.427. The predicted molar refractivity (Wildman–Crippen MR) is 68.1 cm³/mol. The first-order chi connectivity index (χ1) is 9.44. The topological polar surface area (TPSA) is 33.0 Å². The maximum absolute atomic E-state index is 12.7. The van der Waals surface area contributed by atoms with Gasteiger partial charge in [0.25, 0.3) is 0 Å². The third-order valence-corrected chi connectivity index (χ3v) is 2.79. The fourth-order valence-corrected chi connectivity index (χ4v) is 1.82. The molecule has 0 unspecified atom stereocenters. The maximum atomic E-state index is 12.7. The number of ether oxygens (including phenoxy) is 1. The van der Waals surface area contributed by atoms with Gasteiger partial charge in [-0.25, -0.2) is 0 Å². The summed E-state index contributed by atoms with van der Waals surface area (Å²) >= 11 is 0. The normalized spacial score (nSPS) is 10.9. The van der Waals surface area contributed by atoms with Gasteiger partial charge in [-0.3, -0.25) is 0 Å². The van der Waals surface area contributed by atoms with Crippen molar-refractivity contribution in [2.75, 3.05) is 7.11 Å². The van der Waals surface area contributed by atoms with E-state index >= 15 is 0 Å². The van der Waals surface area contributed by atoms with Gasteiger partial charge in [0, 0.05) is 0 Å². The second kappa shape index (κ2) is 5.25. The van der Waals surface area contributed by atoms with Crippen molar-refractivity contribution in [1.29, 1.82) is 5.26 Å². The largest absolute Gasteiger partial charge is 0.497 e. The molecule has 0 N–H and O–H groups in total. The highest BCUT2D eigenvalue weighted by Crippen LogP contribution is 2.33. The average Bonchev–Trinajstić information content (AvgIpc) is 2.46. The lowest BCUT2D eigenvalue weighted by Gasteiger charge is -2.10. The first kappa shape index (κ1) is 13.9. The minimum Gasteiger partial charge on any atom is -0.497 e. The van der Waals surface area contributed by atoms with Crippen molar-refractivity contribution in [3.05, 3.63) is 53.6 Å². The number of methoxy groups -OCH3 is 1. The third kappa shape index (κ3) is 2.91. The summed E-state index contributed by atoms with van der Waals surface area (Å²) in [6.45, 7) is 0. The van der Waals surface area contributed by atoms with Crippen molar-refractivity contribution in [2.24, 2.45) is 0 Å². The summed E-state index contributed by atoms with van der Waals surface area (Å²) in [6, 6.07) is 11.6. The quantitative estimate of drug-likeness (QED) is 0.822. The van der Waals surface area contributed by atoms with E-state index in [1.807, 2.05) is 6.07 Å². The van der Waals surface area contributed by atoms with Crippen LogP contribution in [-0.2, 0) is 6.18 Å². The Morgan fingerprint density at radius 2 is 1.80 bits per heavy atom. The van der Waals surface area contributed by atoms with Crippen molar-refractivity contribution in [3.8, 4) is 22.9 Å². The van der Waals surface area contributed by atoms with Gasteiger partial charge in [-0.15, -0.1) is 0 Å². The van der Waals surface area contributed by atoms with Gasteiger partial charge in [0.15, 0.2) is 0 Å². The van der Waals surface area contributed by atoms with Crippen molar-refractivity contribution >= 4 is 0 Å². The molecule has 2 aromatic rings. The summed E-state index contributed by atoms with van der Waals surface area (Å²) in [4.78, 5) is 0. The van der Waals surface area contributed by atoms with Gasteiger partial charge in [-0.05, 0) is 41.5 Å². The molecule has 2 nitrogen and oxygen atoms in total. The summed E-state index contributed by atoms with van der Waals surface area (Å²) in [7, 11) is 1.44. The minimum absolute atomic E-state index is 0.330. The molecule has 0 heterocycles. The Labute approximate surface area is 114 Å². The molecular weight excluding hydrogens is 267 g/mol. The van der Waals surface area contributed by atoms with Crippen LogP contribution in [0.25, 0.3) is 11.1 Å². The lowest BCUT2D eigenvalue weighted by atomic mass is 10.0. The highest BCUT2D eigenvalue weighted by atomic mass is 19.4. The van der Waals surface area contributed by atoms with E-state index in [1.165, 1.54) is 25.3 Å². The number of nitrogens with zero attached hydrogens (tertiary/aromatic N) is 1. The molecule has 102 valence electrons. The Kier molecular flexibility index (Phi) is 3.66. The number of halogens is 3. The van der Waals surface area contributed by atoms with Gasteiger partial charge < -0.3 is 4.74 Å². The number of hydrogen-bond donors (Lipinski definition) is 0. The van der Waals surface area contributed by atoms with Gasteiger partial charge in [-0.2, -0.15) is 18.4 Å². The molecule has 2 rings (SSSR count). The van der Waals surface area contributed by atoms with Crippen molar-refractivity contribution < 1.29 is 17.9 Å². The summed E-state index contributed by atoms with van der Waals surface area (Å²) < 4.78 is 43.1. The van der Waals surface area contributed by atoms with E-state index in [-0.39, 0.29) is 0 Å². The fourth-order valence-electron chi connectivity index (χ4n) is 1.82. The molecule has 0 amide bonds. The molecule has 20 heavy (non-hydrogen) atoms. The van der Waals surface area contributed by atoms with Crippen molar-refractivity contribution in [3.63, 3.8) is 0 Å². The van der Waals surface area contributed by atoms with Crippen LogP contribution in [0.4, 0.5) is 13.2 Å². The average molecular weight is 277 g/mol. The van der Waals surface area contributed by atoms with Crippen LogP contribution in [0.5, 0.6) is 5.75 Å². The zero-order chi connectivity index (χ0) is 14.8. The van der Waals surface area contributed by atoms with E-state index in [9.17, 15) is 13.2 Å². The predicted octanol–water partition coefficient (Wildman–Crippen LogP) is 4.25. The Morgan fingerprint density at radius 3 is 2.40 bits per heavy atom. The molecule has 0 saturated heterocycles. The number of benzene rings is 2. The maximum Gasteiger partial charge on any atom is 0.416 e. The van der Waals surface area contributed by atoms with E-state index in [1.54, 1.807) is 12.1 Å². The number of alkyl halides is 3. The van der Waals surface area contributed by atoms with Gasteiger partial charge in [-0.1, -0.05) is 12.1 Å². The number of hydrogen-bond acceptors (Lipinski definition) is 2. The molecule has 0 saturated carbocycles. The smallest absolute Gasteiger partial charge is 0.416 e. The monoisotopic (exact) mass is 277 g/mol. The van der Waals surface area contributed by atoms with E-state index in [2.05, 4.69) is 0 Å². The van der Waals surface area contributed by atoms with Crippen LogP contribution in [0.1, 0.15) is 11.1 Å². The molecule has 5 heteroatoms. The van der Waals surface area contributed by atoms with Crippen LogP contribution >= 0.6 is 0 Å². The van der Waals surface area contributed by atoms with E-state index in [4.69, 9.17) is 10.00 Å². The standard InChI is InChI=1S/C15H10F3NO/c1-20-14-6-10(9-19)5-12(8-14)11-3-2-4-13(7-11)15(16,17)18/h2-8H,1H3. The third-order valence-electron chi connectivity index (χ3n) is 2.79. The summed E-state index contributed by atoms with van der Waals surface area (Å²) in [6.07, 6.45) is -4.40. The molecule has 0 bridgehead atoms. The van der Waals surface area contributed by atoms with Crippen LogP contribution in [0.2, 0.25) is 0 Å². The van der Waals surface area contributed by atoms with Crippen LogP contribution in [0, 0.1) is 11.3 Å². The molecule has 0 fully saturated rings. The molecule has 0 radical (unpaired) electrons. The van der Waals surface area contributed by atoms with E-state index < -0.39 is 11.7 Å². The zero-order valence-electron chi connectivity index (χ0n) is 10.5. The first-order valence-corrected chi connectivity index (χ1v) is 5.71. The lowest BCUT2D eigenvalue weighted by molar-refractivity contribution is -0.137. The zero-order valence-corrected chi connectivity index (χ0v) is 10.5. The van der Waals surface area contributed by atoms with E-state index in [0.717, 1.165) is 12.1 Å².